The van der Waals surface area contributed by atoms with E-state index in [9.17, 15) is 22.8 Å². The van der Waals surface area contributed by atoms with Gasteiger partial charge in [-0.05, 0) is 62.1 Å². The van der Waals surface area contributed by atoms with Crippen molar-refractivity contribution < 1.29 is 27.5 Å². The molecule has 7 nitrogen and oxygen atoms in total. The zero-order valence-corrected chi connectivity index (χ0v) is 19.1. The zero-order valence-electron chi connectivity index (χ0n) is 19.1. The third kappa shape index (κ3) is 6.40. The molecule has 0 aliphatic heterocycles. The Morgan fingerprint density at radius 1 is 1.14 bits per heavy atom. The first-order chi connectivity index (χ1) is 16.7. The molecule has 0 spiro atoms. The van der Waals surface area contributed by atoms with Crippen molar-refractivity contribution >= 4 is 11.8 Å². The lowest BCUT2D eigenvalue weighted by Gasteiger charge is -2.10. The summed E-state index contributed by atoms with van der Waals surface area (Å²) >= 11 is 0. The molecule has 10 heteroatoms. The first-order valence-corrected chi connectivity index (χ1v) is 11.2. The Bertz CT molecular complexity index is 1200. The van der Waals surface area contributed by atoms with Crippen LogP contribution >= 0.6 is 0 Å². The third-order valence-electron chi connectivity index (χ3n) is 5.61. The molecular weight excluding hydrogens is 461 g/mol. The van der Waals surface area contributed by atoms with Gasteiger partial charge in [0, 0.05) is 12.6 Å². The highest BCUT2D eigenvalue weighted by Gasteiger charge is 2.30. The molecule has 1 saturated carbocycles. The van der Waals surface area contributed by atoms with Crippen LogP contribution in [0.2, 0.25) is 0 Å². The number of halogens is 3. The van der Waals surface area contributed by atoms with E-state index in [1.807, 2.05) is 12.1 Å². The topological polar surface area (TPSA) is 85.2 Å². The quantitative estimate of drug-likeness (QED) is 0.482. The molecule has 2 amide bonds. The maximum atomic E-state index is 13.0. The van der Waals surface area contributed by atoms with Crippen LogP contribution in [-0.4, -0.2) is 40.8 Å². The summed E-state index contributed by atoms with van der Waals surface area (Å²) < 4.78 is 45.8. The minimum absolute atomic E-state index is 0.0283. The van der Waals surface area contributed by atoms with Gasteiger partial charge >= 0.3 is 6.18 Å². The van der Waals surface area contributed by atoms with Crippen LogP contribution in [0, 0.1) is 6.92 Å². The van der Waals surface area contributed by atoms with E-state index in [4.69, 9.17) is 4.74 Å². The Labute approximate surface area is 200 Å². The van der Waals surface area contributed by atoms with Crippen molar-refractivity contribution in [1.29, 1.82) is 0 Å². The largest absolute Gasteiger partial charge is 0.484 e. The van der Waals surface area contributed by atoms with Crippen LogP contribution in [0.1, 0.15) is 40.0 Å². The van der Waals surface area contributed by atoms with Crippen molar-refractivity contribution in [2.24, 2.45) is 0 Å². The smallest absolute Gasteiger partial charge is 0.416 e. The molecule has 1 aliphatic rings. The minimum atomic E-state index is -4.47. The van der Waals surface area contributed by atoms with Gasteiger partial charge in [-0.3, -0.25) is 9.59 Å². The molecule has 0 saturated heterocycles. The second kappa shape index (κ2) is 10.2. The standard InChI is InChI=1S/C25H25F3N4O3/c1-16-22(14-30-32(16)20-4-2-3-18(13-20)25(26,27)28)24(34)29-12-11-17-5-9-21(10-6-17)35-15-23(33)31-19-7-8-19/h2-6,9-10,13-14,19H,7-8,11-12,15H2,1H3,(H,29,34)(H,31,33). The highest BCUT2D eigenvalue weighted by atomic mass is 19.4. The lowest BCUT2D eigenvalue weighted by molar-refractivity contribution is -0.137. The van der Waals surface area contributed by atoms with E-state index >= 15 is 0 Å². The van der Waals surface area contributed by atoms with Gasteiger partial charge in [0.1, 0.15) is 5.75 Å². The van der Waals surface area contributed by atoms with Crippen molar-refractivity contribution in [2.45, 2.75) is 38.4 Å². The number of nitrogens with one attached hydrogen (secondary N) is 2. The molecule has 1 aliphatic carbocycles. The molecule has 0 radical (unpaired) electrons. The van der Waals surface area contributed by atoms with Gasteiger partial charge < -0.3 is 15.4 Å². The Balaban J connectivity index is 1.28. The molecule has 0 unspecified atom stereocenters. The predicted molar refractivity (Wildman–Crippen MR) is 122 cm³/mol. The summed E-state index contributed by atoms with van der Waals surface area (Å²) in [5, 5.41) is 9.77. The average molecular weight is 486 g/mol. The van der Waals surface area contributed by atoms with Gasteiger partial charge in [0.15, 0.2) is 6.61 Å². The van der Waals surface area contributed by atoms with E-state index in [-0.39, 0.29) is 29.7 Å². The summed E-state index contributed by atoms with van der Waals surface area (Å²) in [6, 6.07) is 12.3. The van der Waals surface area contributed by atoms with Crippen molar-refractivity contribution in [1.82, 2.24) is 20.4 Å². The average Bonchev–Trinajstić information content (AvgIpc) is 3.56. The van der Waals surface area contributed by atoms with Gasteiger partial charge in [-0.1, -0.05) is 18.2 Å². The molecule has 1 heterocycles. The number of aromatic nitrogens is 2. The summed E-state index contributed by atoms with van der Waals surface area (Å²) in [5.41, 5.74) is 1.14. The fraction of sp³-hybridized carbons (Fsp3) is 0.320. The van der Waals surface area contributed by atoms with Crippen LogP contribution in [0.4, 0.5) is 13.2 Å². The van der Waals surface area contributed by atoms with Gasteiger partial charge in [-0.2, -0.15) is 18.3 Å². The van der Waals surface area contributed by atoms with E-state index in [2.05, 4.69) is 15.7 Å². The number of carbonyl (C=O) groups excluding carboxylic acids is 2. The lowest BCUT2D eigenvalue weighted by Crippen LogP contribution is -2.30. The van der Waals surface area contributed by atoms with Crippen LogP contribution in [-0.2, 0) is 17.4 Å². The molecule has 2 aromatic carbocycles. The normalized spacial score (nSPS) is 13.4. The molecule has 4 rings (SSSR count). The third-order valence-corrected chi connectivity index (χ3v) is 5.61. The molecule has 35 heavy (non-hydrogen) atoms. The number of benzene rings is 2. The Morgan fingerprint density at radius 2 is 1.89 bits per heavy atom. The maximum absolute atomic E-state index is 13.0. The second-order valence-electron chi connectivity index (χ2n) is 8.38. The number of ether oxygens (including phenoxy) is 1. The first kappa shape index (κ1) is 24.3. The number of carbonyl (C=O) groups is 2. The molecule has 1 aromatic heterocycles. The van der Waals surface area contributed by atoms with Crippen molar-refractivity contribution in [3.63, 3.8) is 0 Å². The lowest BCUT2D eigenvalue weighted by atomic mass is 10.1. The van der Waals surface area contributed by atoms with Crippen LogP contribution < -0.4 is 15.4 Å². The molecule has 184 valence electrons. The number of nitrogens with zero attached hydrogens (tertiary/aromatic N) is 2. The molecule has 2 N–H and O–H groups in total. The van der Waals surface area contributed by atoms with Crippen LogP contribution in [0.25, 0.3) is 5.69 Å². The van der Waals surface area contributed by atoms with Gasteiger partial charge in [-0.15, -0.1) is 0 Å². The van der Waals surface area contributed by atoms with Crippen LogP contribution in [0.5, 0.6) is 5.75 Å². The van der Waals surface area contributed by atoms with E-state index < -0.39 is 11.7 Å². The fourth-order valence-electron chi connectivity index (χ4n) is 3.52. The van der Waals surface area contributed by atoms with Crippen molar-refractivity contribution in [3.8, 4) is 11.4 Å². The van der Waals surface area contributed by atoms with Gasteiger partial charge in [0.2, 0.25) is 0 Å². The van der Waals surface area contributed by atoms with Gasteiger partial charge in [0.25, 0.3) is 11.8 Å². The number of rotatable bonds is 9. The van der Waals surface area contributed by atoms with Crippen molar-refractivity contribution in [2.75, 3.05) is 13.2 Å². The summed E-state index contributed by atoms with van der Waals surface area (Å²) in [6.07, 6.45) is -0.513. The molecule has 0 bridgehead atoms. The highest BCUT2D eigenvalue weighted by molar-refractivity contribution is 5.95. The number of amides is 2. The van der Waals surface area contributed by atoms with E-state index in [1.165, 1.54) is 23.0 Å². The molecule has 3 aromatic rings. The summed E-state index contributed by atoms with van der Waals surface area (Å²) in [6.45, 7) is 1.96. The summed E-state index contributed by atoms with van der Waals surface area (Å²) in [5.74, 6) is 0.0923. The van der Waals surface area contributed by atoms with Crippen LogP contribution in [0.3, 0.4) is 0 Å². The predicted octanol–water partition coefficient (Wildman–Crippen LogP) is 3.83. The van der Waals surface area contributed by atoms with E-state index in [1.54, 1.807) is 19.1 Å². The Morgan fingerprint density at radius 3 is 2.57 bits per heavy atom. The number of alkyl halides is 3. The van der Waals surface area contributed by atoms with E-state index in [0.717, 1.165) is 30.5 Å². The molecular formula is C25H25F3N4O3. The number of hydrogen-bond donors (Lipinski definition) is 2. The monoisotopic (exact) mass is 486 g/mol. The SMILES string of the molecule is Cc1c(C(=O)NCCc2ccc(OCC(=O)NC3CC3)cc2)cnn1-c1cccc(C(F)(F)F)c1. The summed E-state index contributed by atoms with van der Waals surface area (Å²) in [7, 11) is 0. The zero-order chi connectivity index (χ0) is 25.0. The minimum Gasteiger partial charge on any atom is -0.484 e. The Hall–Kier alpha value is -3.82. The molecule has 1 fully saturated rings. The maximum Gasteiger partial charge on any atom is 0.416 e. The van der Waals surface area contributed by atoms with E-state index in [0.29, 0.717) is 30.5 Å². The van der Waals surface area contributed by atoms with Crippen molar-refractivity contribution in [3.05, 3.63) is 77.1 Å². The van der Waals surface area contributed by atoms with Gasteiger partial charge in [0.05, 0.1) is 28.7 Å². The molecule has 0 atom stereocenters. The number of hydrogen-bond acceptors (Lipinski definition) is 4. The first-order valence-electron chi connectivity index (χ1n) is 11.2. The Kier molecular flexibility index (Phi) is 7.09. The van der Waals surface area contributed by atoms with Crippen LogP contribution in [0.15, 0.2) is 54.7 Å². The van der Waals surface area contributed by atoms with Gasteiger partial charge in [-0.25, -0.2) is 4.68 Å². The second-order valence-corrected chi connectivity index (χ2v) is 8.38. The fourth-order valence-corrected chi connectivity index (χ4v) is 3.52. The highest BCUT2D eigenvalue weighted by Crippen LogP contribution is 2.30. The summed E-state index contributed by atoms with van der Waals surface area (Å²) in [4.78, 5) is 24.3.